The van der Waals surface area contributed by atoms with Gasteiger partial charge >= 0.3 is 5.97 Å². The summed E-state index contributed by atoms with van der Waals surface area (Å²) in [7, 11) is 3.29. The minimum atomic E-state index is -0.229. The van der Waals surface area contributed by atoms with Crippen molar-refractivity contribution >= 4 is 17.6 Å². The maximum absolute atomic E-state index is 11.5. The Hall–Kier alpha value is -2.18. The van der Waals surface area contributed by atoms with Gasteiger partial charge in [-0.05, 0) is 6.92 Å². The maximum Gasteiger partial charge on any atom is 0.310 e. The standard InChI is InChI=1S/C12H17N5O2/c1-8(11(18)19-4)6-16(3)10-5-9(2)15-12-13-7-14-17(10)12/h5,7-8H,6H2,1-4H3. The predicted octanol–water partition coefficient (Wildman–Crippen LogP) is 0.678. The molecule has 7 heteroatoms. The molecule has 0 amide bonds. The summed E-state index contributed by atoms with van der Waals surface area (Å²) in [5, 5.41) is 4.14. The summed E-state index contributed by atoms with van der Waals surface area (Å²) in [4.78, 5) is 21.8. The Morgan fingerprint density at radius 1 is 1.58 bits per heavy atom. The number of fused-ring (bicyclic) bond motifs is 1. The quantitative estimate of drug-likeness (QED) is 0.755. The summed E-state index contributed by atoms with van der Waals surface area (Å²) in [5.74, 6) is 0.942. The molecule has 102 valence electrons. The van der Waals surface area contributed by atoms with E-state index >= 15 is 0 Å². The van der Waals surface area contributed by atoms with Gasteiger partial charge in [0.05, 0.1) is 13.0 Å². The molecule has 19 heavy (non-hydrogen) atoms. The van der Waals surface area contributed by atoms with Crippen LogP contribution in [0.25, 0.3) is 5.78 Å². The molecule has 0 bridgehead atoms. The van der Waals surface area contributed by atoms with Crippen LogP contribution < -0.4 is 4.90 Å². The van der Waals surface area contributed by atoms with E-state index in [1.807, 2.05) is 31.9 Å². The van der Waals surface area contributed by atoms with Crippen molar-refractivity contribution in [3.63, 3.8) is 0 Å². The highest BCUT2D eigenvalue weighted by Gasteiger charge is 2.18. The van der Waals surface area contributed by atoms with Gasteiger partial charge < -0.3 is 9.64 Å². The molecule has 0 aliphatic heterocycles. The fourth-order valence-corrected chi connectivity index (χ4v) is 1.96. The zero-order valence-electron chi connectivity index (χ0n) is 11.5. The van der Waals surface area contributed by atoms with Gasteiger partial charge in [-0.25, -0.2) is 4.98 Å². The summed E-state index contributed by atoms with van der Waals surface area (Å²) in [6.07, 6.45) is 1.46. The molecule has 1 atom stereocenters. The van der Waals surface area contributed by atoms with E-state index in [0.29, 0.717) is 12.3 Å². The van der Waals surface area contributed by atoms with Crippen LogP contribution in [0.2, 0.25) is 0 Å². The normalized spacial score (nSPS) is 12.4. The van der Waals surface area contributed by atoms with Crippen molar-refractivity contribution in [2.24, 2.45) is 5.92 Å². The van der Waals surface area contributed by atoms with Crippen molar-refractivity contribution < 1.29 is 9.53 Å². The van der Waals surface area contributed by atoms with Gasteiger partial charge in [0.1, 0.15) is 12.1 Å². The minimum Gasteiger partial charge on any atom is -0.469 e. The first-order chi connectivity index (χ1) is 9.02. The molecule has 2 heterocycles. The largest absolute Gasteiger partial charge is 0.469 e. The number of hydrogen-bond donors (Lipinski definition) is 0. The van der Waals surface area contributed by atoms with Crippen molar-refractivity contribution in [1.82, 2.24) is 19.6 Å². The van der Waals surface area contributed by atoms with Crippen LogP contribution in [0.3, 0.4) is 0 Å². The molecule has 2 aromatic heterocycles. The third kappa shape index (κ3) is 2.64. The summed E-state index contributed by atoms with van der Waals surface area (Å²) in [5.41, 5.74) is 0.855. The molecule has 0 saturated heterocycles. The van der Waals surface area contributed by atoms with Gasteiger partial charge in [-0.1, -0.05) is 6.92 Å². The molecule has 0 saturated carbocycles. The molecular weight excluding hydrogens is 246 g/mol. The second-order valence-corrected chi connectivity index (χ2v) is 4.53. The number of rotatable bonds is 4. The minimum absolute atomic E-state index is 0.220. The third-order valence-corrected chi connectivity index (χ3v) is 2.90. The average molecular weight is 263 g/mol. The summed E-state index contributed by atoms with van der Waals surface area (Å²) in [6.45, 7) is 4.26. The number of carbonyl (C=O) groups excluding carboxylic acids is 1. The average Bonchev–Trinajstić information content (AvgIpc) is 2.84. The van der Waals surface area contributed by atoms with Crippen LogP contribution in [0.15, 0.2) is 12.4 Å². The molecule has 2 aromatic rings. The Morgan fingerprint density at radius 3 is 3.00 bits per heavy atom. The zero-order chi connectivity index (χ0) is 14.0. The molecule has 0 aliphatic carbocycles. The van der Waals surface area contributed by atoms with Crippen LogP contribution in [0.1, 0.15) is 12.6 Å². The van der Waals surface area contributed by atoms with Gasteiger partial charge in [0, 0.05) is 25.4 Å². The van der Waals surface area contributed by atoms with Crippen LogP contribution >= 0.6 is 0 Å². The zero-order valence-corrected chi connectivity index (χ0v) is 11.5. The number of hydrogen-bond acceptors (Lipinski definition) is 6. The monoisotopic (exact) mass is 263 g/mol. The lowest BCUT2D eigenvalue weighted by molar-refractivity contribution is -0.144. The number of methoxy groups -OCH3 is 1. The number of aryl methyl sites for hydroxylation is 1. The Bertz CT molecular complexity index is 595. The highest BCUT2D eigenvalue weighted by molar-refractivity contribution is 5.72. The van der Waals surface area contributed by atoms with Crippen molar-refractivity contribution in [3.8, 4) is 0 Å². The third-order valence-electron chi connectivity index (χ3n) is 2.90. The van der Waals surface area contributed by atoms with E-state index in [1.165, 1.54) is 13.4 Å². The summed E-state index contributed by atoms with van der Waals surface area (Å²) >= 11 is 0. The first kappa shape index (κ1) is 13.3. The molecule has 7 nitrogen and oxygen atoms in total. The van der Waals surface area contributed by atoms with Crippen LogP contribution in [0, 0.1) is 12.8 Å². The van der Waals surface area contributed by atoms with Gasteiger partial charge in [0.25, 0.3) is 5.78 Å². The smallest absolute Gasteiger partial charge is 0.310 e. The first-order valence-electron chi connectivity index (χ1n) is 5.99. The van der Waals surface area contributed by atoms with E-state index in [9.17, 15) is 4.79 Å². The van der Waals surface area contributed by atoms with Gasteiger partial charge in [0.2, 0.25) is 0 Å². The number of ether oxygens (including phenoxy) is 1. The molecule has 2 rings (SSSR count). The second kappa shape index (κ2) is 5.21. The van der Waals surface area contributed by atoms with Crippen molar-refractivity contribution in [2.45, 2.75) is 13.8 Å². The molecule has 0 aliphatic rings. The number of aromatic nitrogens is 4. The van der Waals surface area contributed by atoms with Crippen molar-refractivity contribution in [3.05, 3.63) is 18.1 Å². The molecule has 1 unspecified atom stereocenters. The predicted molar refractivity (Wildman–Crippen MR) is 70.0 cm³/mol. The van der Waals surface area contributed by atoms with Crippen LogP contribution in [0.5, 0.6) is 0 Å². The Morgan fingerprint density at radius 2 is 2.32 bits per heavy atom. The van der Waals surface area contributed by atoms with Crippen LogP contribution in [0.4, 0.5) is 5.82 Å². The SMILES string of the molecule is COC(=O)C(C)CN(C)c1cc(C)nc2ncnn12. The molecule has 0 aromatic carbocycles. The first-order valence-corrected chi connectivity index (χ1v) is 5.99. The highest BCUT2D eigenvalue weighted by Crippen LogP contribution is 2.16. The maximum atomic E-state index is 11.5. The Balaban J connectivity index is 2.28. The lowest BCUT2D eigenvalue weighted by Gasteiger charge is -2.22. The fourth-order valence-electron chi connectivity index (χ4n) is 1.96. The van der Waals surface area contributed by atoms with Crippen LogP contribution in [-0.2, 0) is 9.53 Å². The van der Waals surface area contributed by atoms with Crippen LogP contribution in [-0.4, -0.2) is 46.3 Å². The Kier molecular flexibility index (Phi) is 3.64. The van der Waals surface area contributed by atoms with Crippen molar-refractivity contribution in [2.75, 3.05) is 25.6 Å². The van der Waals surface area contributed by atoms with Crippen molar-refractivity contribution in [1.29, 1.82) is 0 Å². The summed E-state index contributed by atoms with van der Waals surface area (Å²) in [6, 6.07) is 1.91. The van der Waals surface area contributed by atoms with E-state index in [-0.39, 0.29) is 11.9 Å². The fraction of sp³-hybridized carbons (Fsp3) is 0.500. The highest BCUT2D eigenvalue weighted by atomic mass is 16.5. The number of carbonyl (C=O) groups is 1. The van der Waals surface area contributed by atoms with E-state index in [2.05, 4.69) is 15.1 Å². The number of nitrogens with zero attached hydrogens (tertiary/aromatic N) is 5. The molecule has 0 spiro atoms. The van der Waals surface area contributed by atoms with Gasteiger partial charge in [-0.15, -0.1) is 0 Å². The van der Waals surface area contributed by atoms with E-state index in [4.69, 9.17) is 4.74 Å². The molecule has 0 fully saturated rings. The molecular formula is C12H17N5O2. The topological polar surface area (TPSA) is 72.6 Å². The van der Waals surface area contributed by atoms with E-state index in [1.54, 1.807) is 4.52 Å². The van der Waals surface area contributed by atoms with Gasteiger partial charge in [-0.2, -0.15) is 14.6 Å². The van der Waals surface area contributed by atoms with E-state index in [0.717, 1.165) is 11.5 Å². The molecule has 0 radical (unpaired) electrons. The van der Waals surface area contributed by atoms with Gasteiger partial charge in [-0.3, -0.25) is 4.79 Å². The number of esters is 1. The summed E-state index contributed by atoms with van der Waals surface area (Å²) < 4.78 is 6.38. The molecule has 0 N–H and O–H groups in total. The van der Waals surface area contributed by atoms with Gasteiger partial charge in [0.15, 0.2) is 0 Å². The Labute approximate surface area is 111 Å². The lowest BCUT2D eigenvalue weighted by Crippen LogP contribution is -2.30. The second-order valence-electron chi connectivity index (χ2n) is 4.53. The lowest BCUT2D eigenvalue weighted by atomic mass is 10.2. The number of anilines is 1. The van der Waals surface area contributed by atoms with E-state index < -0.39 is 0 Å².